The van der Waals surface area contributed by atoms with Gasteiger partial charge in [-0.05, 0) is 44.7 Å². The minimum absolute atomic E-state index is 0.273. The van der Waals surface area contributed by atoms with Crippen molar-refractivity contribution in [3.05, 3.63) is 71.8 Å². The average molecular weight is 368 g/mol. The van der Waals surface area contributed by atoms with Gasteiger partial charge < -0.3 is 14.6 Å². The van der Waals surface area contributed by atoms with Gasteiger partial charge in [0.1, 0.15) is 11.2 Å². The molecule has 0 spiro atoms. The third-order valence-corrected chi connectivity index (χ3v) is 5.87. The molecule has 4 heteroatoms. The second-order valence-corrected chi connectivity index (χ2v) is 7.99. The summed E-state index contributed by atoms with van der Waals surface area (Å²) < 4.78 is 11.5. The Bertz CT molecular complexity index is 745. The van der Waals surface area contributed by atoms with Gasteiger partial charge >= 0.3 is 5.97 Å². The van der Waals surface area contributed by atoms with E-state index in [1.54, 1.807) is 0 Å². The molecule has 1 N–H and O–H groups in total. The summed E-state index contributed by atoms with van der Waals surface area (Å²) in [5.74, 6) is -0.642. The molecular formula is C23H28O4. The summed E-state index contributed by atoms with van der Waals surface area (Å²) in [4.78, 5) is 12.2. The zero-order valence-corrected chi connectivity index (χ0v) is 16.4. The van der Waals surface area contributed by atoms with E-state index in [0.29, 0.717) is 12.8 Å². The van der Waals surface area contributed by atoms with Crippen molar-refractivity contribution in [2.24, 2.45) is 5.92 Å². The first kappa shape index (κ1) is 19.6. The van der Waals surface area contributed by atoms with Crippen LogP contribution in [0.25, 0.3) is 0 Å². The number of ether oxygens (including phenoxy) is 2. The van der Waals surface area contributed by atoms with Crippen molar-refractivity contribution in [3.8, 4) is 0 Å². The average Bonchev–Trinajstić information content (AvgIpc) is 2.67. The summed E-state index contributed by atoms with van der Waals surface area (Å²) in [6.07, 6.45) is 1.11. The van der Waals surface area contributed by atoms with Crippen molar-refractivity contribution >= 4 is 5.97 Å². The minimum atomic E-state index is -1.35. The third kappa shape index (κ3) is 3.28. The Morgan fingerprint density at radius 1 is 1.04 bits per heavy atom. The van der Waals surface area contributed by atoms with E-state index in [4.69, 9.17) is 9.47 Å². The SMILES string of the molecule is COC(=O)[C@@H]1CC[C@](C)(C(O)(c2ccccc2)c2ccccc2)OC1(C)C. The predicted molar refractivity (Wildman–Crippen MR) is 104 cm³/mol. The van der Waals surface area contributed by atoms with Gasteiger partial charge in [0.15, 0.2) is 0 Å². The van der Waals surface area contributed by atoms with E-state index in [1.807, 2.05) is 81.4 Å². The lowest BCUT2D eigenvalue weighted by atomic mass is 9.67. The van der Waals surface area contributed by atoms with Crippen molar-refractivity contribution < 1.29 is 19.4 Å². The highest BCUT2D eigenvalue weighted by molar-refractivity contribution is 5.73. The Labute approximate surface area is 161 Å². The molecule has 1 heterocycles. The number of methoxy groups -OCH3 is 1. The van der Waals surface area contributed by atoms with Gasteiger partial charge in [-0.2, -0.15) is 0 Å². The molecule has 0 unspecified atom stereocenters. The molecule has 0 aliphatic carbocycles. The van der Waals surface area contributed by atoms with Crippen LogP contribution < -0.4 is 0 Å². The molecule has 0 saturated carbocycles. The van der Waals surface area contributed by atoms with Gasteiger partial charge in [-0.3, -0.25) is 4.79 Å². The highest BCUT2D eigenvalue weighted by Gasteiger charge is 2.57. The van der Waals surface area contributed by atoms with Crippen LogP contribution in [0.5, 0.6) is 0 Å². The smallest absolute Gasteiger partial charge is 0.311 e. The molecule has 2 atom stereocenters. The minimum Gasteiger partial charge on any atom is -0.469 e. The van der Waals surface area contributed by atoms with Crippen molar-refractivity contribution in [1.29, 1.82) is 0 Å². The molecule has 1 fully saturated rings. The first-order chi connectivity index (χ1) is 12.7. The molecule has 0 radical (unpaired) electrons. The lowest BCUT2D eigenvalue weighted by Gasteiger charge is -2.54. The highest BCUT2D eigenvalue weighted by Crippen LogP contribution is 2.51. The van der Waals surface area contributed by atoms with E-state index in [1.165, 1.54) is 7.11 Å². The van der Waals surface area contributed by atoms with Crippen molar-refractivity contribution in [2.75, 3.05) is 7.11 Å². The maximum absolute atomic E-state index is 12.2. The lowest BCUT2D eigenvalue weighted by molar-refractivity contribution is -0.257. The molecule has 0 bridgehead atoms. The van der Waals surface area contributed by atoms with Gasteiger partial charge in [-0.15, -0.1) is 0 Å². The fraction of sp³-hybridized carbons (Fsp3) is 0.435. The lowest BCUT2D eigenvalue weighted by Crippen LogP contribution is -2.61. The standard InChI is InChI=1S/C23H28O4/c1-21(2)19(20(24)26-4)15-16-22(3,27-21)23(25,17-11-7-5-8-12-17)18-13-9-6-10-14-18/h5-14,19,25H,15-16H2,1-4H3/t19-,22+/m0/s1. The summed E-state index contributed by atoms with van der Waals surface area (Å²) in [5, 5.41) is 12.1. The van der Waals surface area contributed by atoms with E-state index < -0.39 is 16.8 Å². The van der Waals surface area contributed by atoms with Crippen molar-refractivity contribution in [3.63, 3.8) is 0 Å². The molecular weight excluding hydrogens is 340 g/mol. The topological polar surface area (TPSA) is 55.8 Å². The van der Waals surface area contributed by atoms with Crippen LogP contribution in [0.1, 0.15) is 44.7 Å². The summed E-state index contributed by atoms with van der Waals surface area (Å²) >= 11 is 0. The molecule has 3 rings (SSSR count). The Balaban J connectivity index is 2.10. The summed E-state index contributed by atoms with van der Waals surface area (Å²) in [6, 6.07) is 19.2. The molecule has 2 aromatic rings. The largest absolute Gasteiger partial charge is 0.469 e. The molecule has 0 amide bonds. The maximum Gasteiger partial charge on any atom is 0.311 e. The third-order valence-electron chi connectivity index (χ3n) is 5.87. The van der Waals surface area contributed by atoms with Crippen LogP contribution >= 0.6 is 0 Å². The van der Waals surface area contributed by atoms with Crippen molar-refractivity contribution in [1.82, 2.24) is 0 Å². The Kier molecular flexibility index (Phi) is 5.15. The van der Waals surface area contributed by atoms with E-state index in [9.17, 15) is 9.90 Å². The molecule has 1 aliphatic heterocycles. The van der Waals surface area contributed by atoms with Crippen LogP contribution in [-0.4, -0.2) is 29.4 Å². The van der Waals surface area contributed by atoms with Crippen molar-refractivity contribution in [2.45, 2.75) is 50.4 Å². The summed E-state index contributed by atoms with van der Waals surface area (Å²) in [5.41, 5.74) is -1.49. The molecule has 1 saturated heterocycles. The van der Waals surface area contributed by atoms with Gasteiger partial charge in [0.25, 0.3) is 0 Å². The van der Waals surface area contributed by atoms with Crippen LogP contribution in [0.15, 0.2) is 60.7 Å². The predicted octanol–water partition coefficient (Wildman–Crippen LogP) is 4.06. The van der Waals surface area contributed by atoms with Crippen LogP contribution in [-0.2, 0) is 19.9 Å². The van der Waals surface area contributed by atoms with Gasteiger partial charge in [-0.1, -0.05) is 60.7 Å². The highest BCUT2D eigenvalue weighted by atomic mass is 16.6. The first-order valence-corrected chi connectivity index (χ1v) is 9.36. The van der Waals surface area contributed by atoms with Crippen LogP contribution in [0.3, 0.4) is 0 Å². The molecule has 144 valence electrons. The molecule has 4 nitrogen and oxygen atoms in total. The fourth-order valence-electron chi connectivity index (χ4n) is 4.40. The number of aliphatic hydroxyl groups is 1. The Morgan fingerprint density at radius 3 is 1.93 bits per heavy atom. The number of hydrogen-bond donors (Lipinski definition) is 1. The van der Waals surface area contributed by atoms with Crippen LogP contribution in [0.4, 0.5) is 0 Å². The second kappa shape index (κ2) is 7.10. The normalized spacial score (nSPS) is 25.0. The second-order valence-electron chi connectivity index (χ2n) is 7.99. The van der Waals surface area contributed by atoms with Gasteiger partial charge in [0.2, 0.25) is 0 Å². The number of hydrogen-bond acceptors (Lipinski definition) is 4. The van der Waals surface area contributed by atoms with Gasteiger partial charge in [-0.25, -0.2) is 0 Å². The van der Waals surface area contributed by atoms with Crippen LogP contribution in [0, 0.1) is 5.92 Å². The maximum atomic E-state index is 12.2. The monoisotopic (exact) mass is 368 g/mol. The van der Waals surface area contributed by atoms with Crippen LogP contribution in [0.2, 0.25) is 0 Å². The van der Waals surface area contributed by atoms with E-state index in [2.05, 4.69) is 0 Å². The Hall–Kier alpha value is -2.17. The van der Waals surface area contributed by atoms with E-state index in [0.717, 1.165) is 11.1 Å². The fourth-order valence-corrected chi connectivity index (χ4v) is 4.40. The number of carbonyl (C=O) groups is 1. The number of carbonyl (C=O) groups excluding carboxylic acids is 1. The quantitative estimate of drug-likeness (QED) is 0.827. The molecule has 1 aliphatic rings. The number of benzene rings is 2. The summed E-state index contributed by atoms with van der Waals surface area (Å²) in [7, 11) is 1.40. The van der Waals surface area contributed by atoms with Gasteiger partial charge in [0.05, 0.1) is 18.6 Å². The number of esters is 1. The van der Waals surface area contributed by atoms with E-state index in [-0.39, 0.29) is 11.9 Å². The zero-order valence-electron chi connectivity index (χ0n) is 16.4. The zero-order chi connectivity index (χ0) is 19.7. The molecule has 0 aromatic heterocycles. The molecule has 27 heavy (non-hydrogen) atoms. The number of rotatable bonds is 4. The summed E-state index contributed by atoms with van der Waals surface area (Å²) in [6.45, 7) is 5.72. The molecule has 2 aromatic carbocycles. The first-order valence-electron chi connectivity index (χ1n) is 9.36. The van der Waals surface area contributed by atoms with Gasteiger partial charge in [0, 0.05) is 0 Å². The van der Waals surface area contributed by atoms with E-state index >= 15 is 0 Å². The Morgan fingerprint density at radius 2 is 1.52 bits per heavy atom.